The van der Waals surface area contributed by atoms with Crippen molar-refractivity contribution in [1.82, 2.24) is 4.90 Å². The number of methoxy groups -OCH3 is 2. The number of thiophene rings is 1. The van der Waals surface area contributed by atoms with Crippen molar-refractivity contribution in [3.8, 4) is 11.5 Å². The number of rotatable bonds is 6. The van der Waals surface area contributed by atoms with E-state index in [1.54, 1.807) is 24.3 Å². The van der Waals surface area contributed by atoms with Gasteiger partial charge in [0.2, 0.25) is 5.91 Å². The van der Waals surface area contributed by atoms with Crippen molar-refractivity contribution in [2.24, 2.45) is 5.92 Å². The molecule has 1 N–H and O–H groups in total. The van der Waals surface area contributed by atoms with Crippen molar-refractivity contribution >= 4 is 40.6 Å². The molecule has 7 nitrogen and oxygen atoms in total. The van der Waals surface area contributed by atoms with Gasteiger partial charge in [0.05, 0.1) is 36.6 Å². The fourth-order valence-electron chi connectivity index (χ4n) is 6.91. The second-order valence-corrected chi connectivity index (χ2v) is 11.3. The maximum absolute atomic E-state index is 14.8. The first kappa shape index (κ1) is 25.3. The van der Waals surface area contributed by atoms with Gasteiger partial charge in [-0.05, 0) is 58.5 Å². The second kappa shape index (κ2) is 9.45. The minimum atomic E-state index is -1.37. The van der Waals surface area contributed by atoms with E-state index in [0.29, 0.717) is 27.6 Å². The first-order valence-electron chi connectivity index (χ1n) is 13.3. The number of hydrogen-bond acceptors (Lipinski definition) is 7. The summed E-state index contributed by atoms with van der Waals surface area (Å²) in [5.74, 6) is -1.03. The van der Waals surface area contributed by atoms with Crippen LogP contribution in [0.25, 0.3) is 6.08 Å². The summed E-state index contributed by atoms with van der Waals surface area (Å²) in [6.07, 6.45) is 3.80. The Morgan fingerprint density at radius 3 is 2.51 bits per heavy atom. The number of hydrogen-bond donors (Lipinski definition) is 1. The van der Waals surface area contributed by atoms with Crippen LogP contribution in [-0.4, -0.2) is 42.6 Å². The molecule has 3 aliphatic rings. The highest BCUT2D eigenvalue weighted by atomic mass is 32.1. The van der Waals surface area contributed by atoms with Crippen molar-refractivity contribution in [1.29, 1.82) is 0 Å². The van der Waals surface area contributed by atoms with E-state index >= 15 is 0 Å². The normalized spacial score (nSPS) is 23.5. The Morgan fingerprint density at radius 1 is 0.927 bits per heavy atom. The minimum absolute atomic E-state index is 0.243. The van der Waals surface area contributed by atoms with Gasteiger partial charge in [-0.25, -0.2) is 0 Å². The molecular formula is C33H26N2O5S. The number of anilines is 1. The lowest BCUT2D eigenvalue weighted by molar-refractivity contribution is -0.122. The Bertz CT molecular complexity index is 1750. The molecule has 1 saturated heterocycles. The number of Topliss-reactive ketones (excluding diaryl/α,β-unsaturated/α-hetero) is 2. The number of ketones is 2. The summed E-state index contributed by atoms with van der Waals surface area (Å²) in [7, 11) is 3.04. The third kappa shape index (κ3) is 3.47. The van der Waals surface area contributed by atoms with Gasteiger partial charge in [-0.1, -0.05) is 48.5 Å². The molecule has 0 saturated carbocycles. The van der Waals surface area contributed by atoms with Crippen LogP contribution in [0.15, 0.2) is 90.4 Å². The first-order chi connectivity index (χ1) is 20.0. The molecule has 4 aromatic rings. The number of nitrogens with zero attached hydrogens (tertiary/aromatic N) is 1. The van der Waals surface area contributed by atoms with E-state index in [4.69, 9.17) is 9.47 Å². The van der Waals surface area contributed by atoms with E-state index in [1.165, 1.54) is 25.6 Å². The van der Waals surface area contributed by atoms with Gasteiger partial charge >= 0.3 is 0 Å². The van der Waals surface area contributed by atoms with Crippen LogP contribution >= 0.6 is 11.3 Å². The molecule has 204 valence electrons. The number of nitrogens with one attached hydrogen (secondary N) is 1. The Morgan fingerprint density at radius 2 is 1.73 bits per heavy atom. The van der Waals surface area contributed by atoms with Gasteiger partial charge in [0, 0.05) is 11.9 Å². The average Bonchev–Trinajstić information content (AvgIpc) is 3.73. The lowest BCUT2D eigenvalue weighted by Gasteiger charge is -2.38. The van der Waals surface area contributed by atoms with Crippen molar-refractivity contribution in [3.05, 3.63) is 118 Å². The SMILES string of the molecule is COc1ccc(OC)c(C(=O)[C@@H]2[C@H](C(=O)c3cccs3)[C@]3(C(=O)Nc4ccccc43)[C@@H]3c4ccccc4C=CN23)c1. The molecule has 1 spiro atoms. The van der Waals surface area contributed by atoms with E-state index < -0.39 is 23.4 Å². The first-order valence-corrected chi connectivity index (χ1v) is 14.2. The van der Waals surface area contributed by atoms with Crippen LogP contribution in [0.4, 0.5) is 5.69 Å². The van der Waals surface area contributed by atoms with Gasteiger partial charge in [-0.2, -0.15) is 0 Å². The molecule has 1 fully saturated rings. The summed E-state index contributed by atoms with van der Waals surface area (Å²) >= 11 is 1.31. The predicted molar refractivity (Wildman–Crippen MR) is 157 cm³/mol. The molecule has 0 bridgehead atoms. The summed E-state index contributed by atoms with van der Waals surface area (Å²) in [6, 6.07) is 22.3. The maximum atomic E-state index is 14.8. The molecule has 7 rings (SSSR count). The van der Waals surface area contributed by atoms with Crippen LogP contribution < -0.4 is 14.8 Å². The highest BCUT2D eigenvalue weighted by Crippen LogP contribution is 2.62. The summed E-state index contributed by atoms with van der Waals surface area (Å²) < 4.78 is 11.1. The fourth-order valence-corrected chi connectivity index (χ4v) is 7.61. The number of fused-ring (bicyclic) bond motifs is 6. The zero-order chi connectivity index (χ0) is 28.3. The van der Waals surface area contributed by atoms with Crippen LogP contribution in [0, 0.1) is 5.92 Å². The molecule has 3 aliphatic heterocycles. The van der Waals surface area contributed by atoms with E-state index in [1.807, 2.05) is 77.2 Å². The number of benzene rings is 3. The Kier molecular flexibility index (Phi) is 5.83. The third-order valence-corrected chi connectivity index (χ3v) is 9.44. The third-order valence-electron chi connectivity index (χ3n) is 8.56. The molecule has 1 amide bonds. The van der Waals surface area contributed by atoms with Crippen LogP contribution in [0.1, 0.15) is 42.8 Å². The van der Waals surface area contributed by atoms with Crippen LogP contribution in [0.3, 0.4) is 0 Å². The maximum Gasteiger partial charge on any atom is 0.238 e. The summed E-state index contributed by atoms with van der Waals surface area (Å²) in [6.45, 7) is 0. The molecule has 8 heteroatoms. The molecule has 41 heavy (non-hydrogen) atoms. The highest BCUT2D eigenvalue weighted by molar-refractivity contribution is 7.12. The zero-order valence-corrected chi connectivity index (χ0v) is 23.2. The molecule has 0 unspecified atom stereocenters. The fraction of sp³-hybridized carbons (Fsp3) is 0.182. The molecule has 0 radical (unpaired) electrons. The van der Waals surface area contributed by atoms with Crippen molar-refractivity contribution in [3.63, 3.8) is 0 Å². The van der Waals surface area contributed by atoms with Gasteiger partial charge in [0.25, 0.3) is 0 Å². The predicted octanol–water partition coefficient (Wildman–Crippen LogP) is 5.75. The summed E-state index contributed by atoms with van der Waals surface area (Å²) in [5, 5.41) is 4.91. The van der Waals surface area contributed by atoms with Gasteiger partial charge in [0.1, 0.15) is 23.0 Å². The van der Waals surface area contributed by atoms with Gasteiger partial charge in [0.15, 0.2) is 11.6 Å². The van der Waals surface area contributed by atoms with Gasteiger partial charge in [-0.3, -0.25) is 14.4 Å². The average molecular weight is 563 g/mol. The zero-order valence-electron chi connectivity index (χ0n) is 22.4. The Labute approximate surface area is 241 Å². The number of ether oxygens (including phenoxy) is 2. The second-order valence-electron chi connectivity index (χ2n) is 10.4. The van der Waals surface area contributed by atoms with E-state index in [2.05, 4.69) is 5.32 Å². The lowest BCUT2D eigenvalue weighted by atomic mass is 9.63. The smallest absolute Gasteiger partial charge is 0.238 e. The molecule has 3 aromatic carbocycles. The number of para-hydroxylation sites is 1. The largest absolute Gasteiger partial charge is 0.497 e. The number of amides is 1. The quantitative estimate of drug-likeness (QED) is 0.302. The Hall–Kier alpha value is -4.69. The van der Waals surface area contributed by atoms with Gasteiger partial charge in [-0.15, -0.1) is 11.3 Å². The summed E-state index contributed by atoms with van der Waals surface area (Å²) in [4.78, 5) is 46.4. The number of carbonyl (C=O) groups excluding carboxylic acids is 3. The summed E-state index contributed by atoms with van der Waals surface area (Å²) in [5.41, 5.74) is 2.12. The Balaban J connectivity index is 1.54. The van der Waals surface area contributed by atoms with Crippen molar-refractivity contribution in [2.45, 2.75) is 17.5 Å². The molecule has 4 heterocycles. The van der Waals surface area contributed by atoms with Crippen LogP contribution in [0.5, 0.6) is 11.5 Å². The lowest BCUT2D eigenvalue weighted by Crippen LogP contribution is -2.49. The molecule has 0 aliphatic carbocycles. The number of carbonyl (C=O) groups is 3. The monoisotopic (exact) mass is 562 g/mol. The van der Waals surface area contributed by atoms with Crippen LogP contribution in [0.2, 0.25) is 0 Å². The highest BCUT2D eigenvalue weighted by Gasteiger charge is 2.71. The minimum Gasteiger partial charge on any atom is -0.497 e. The standard InChI is InChI=1S/C33H26N2O5S/c1-39-20-13-14-25(40-2)22(18-20)29(36)28-27(30(37)26-12-7-17-41-26)33(23-10-5-6-11-24(23)34-32(33)38)31-21-9-4-3-8-19(21)15-16-35(28)31/h3-18,27-28,31H,1-2H3,(H,34,38)/t27-,28+,31+,33+/m1/s1. The molecular weight excluding hydrogens is 536 g/mol. The van der Waals surface area contributed by atoms with Crippen LogP contribution in [-0.2, 0) is 10.2 Å². The van der Waals surface area contributed by atoms with Crippen molar-refractivity contribution < 1.29 is 23.9 Å². The topological polar surface area (TPSA) is 84.9 Å². The molecule has 4 atom stereocenters. The van der Waals surface area contributed by atoms with E-state index in [-0.39, 0.29) is 23.0 Å². The molecule has 1 aromatic heterocycles. The van der Waals surface area contributed by atoms with Crippen molar-refractivity contribution in [2.75, 3.05) is 19.5 Å². The van der Waals surface area contributed by atoms with Gasteiger partial charge < -0.3 is 19.7 Å². The van der Waals surface area contributed by atoms with E-state index in [9.17, 15) is 14.4 Å². The van der Waals surface area contributed by atoms with E-state index in [0.717, 1.165) is 11.1 Å².